The van der Waals surface area contributed by atoms with E-state index in [1.807, 2.05) is 54.6 Å². The van der Waals surface area contributed by atoms with Crippen LogP contribution in [-0.4, -0.2) is 15.0 Å². The summed E-state index contributed by atoms with van der Waals surface area (Å²) in [6.07, 6.45) is 4.99. The molecule has 4 aromatic rings. The second-order valence-corrected chi connectivity index (χ2v) is 5.31. The lowest BCUT2D eigenvalue weighted by Crippen LogP contribution is -1.90. The highest BCUT2D eigenvalue weighted by Gasteiger charge is 2.07. The Morgan fingerprint density at radius 3 is 2.50 bits per heavy atom. The molecule has 0 aliphatic carbocycles. The first-order valence-corrected chi connectivity index (χ1v) is 7.48. The van der Waals surface area contributed by atoms with Crippen molar-refractivity contribution in [2.75, 3.05) is 5.73 Å². The Morgan fingerprint density at radius 1 is 0.833 bits per heavy atom. The lowest BCUT2D eigenvalue weighted by atomic mass is 10.1. The van der Waals surface area contributed by atoms with E-state index in [0.29, 0.717) is 5.69 Å². The SMILES string of the molecule is Nc1ccc(Oc2ccnc3cc(-c4ccncn4)ccc23)cc1. The van der Waals surface area contributed by atoms with E-state index in [-0.39, 0.29) is 0 Å². The molecule has 0 bridgehead atoms. The molecule has 0 fully saturated rings. The van der Waals surface area contributed by atoms with Gasteiger partial charge in [0.25, 0.3) is 0 Å². The lowest BCUT2D eigenvalue weighted by molar-refractivity contribution is 0.488. The van der Waals surface area contributed by atoms with Gasteiger partial charge < -0.3 is 10.5 Å². The summed E-state index contributed by atoms with van der Waals surface area (Å²) in [6, 6.07) is 17.0. The quantitative estimate of drug-likeness (QED) is 0.577. The third-order valence-electron chi connectivity index (χ3n) is 3.69. The molecule has 0 saturated heterocycles. The maximum atomic E-state index is 5.97. The van der Waals surface area contributed by atoms with Gasteiger partial charge in [-0.05, 0) is 48.5 Å². The highest BCUT2D eigenvalue weighted by Crippen LogP contribution is 2.31. The van der Waals surface area contributed by atoms with E-state index in [1.54, 1.807) is 12.4 Å². The van der Waals surface area contributed by atoms with Crippen molar-refractivity contribution in [3.8, 4) is 22.8 Å². The van der Waals surface area contributed by atoms with E-state index >= 15 is 0 Å². The van der Waals surface area contributed by atoms with Gasteiger partial charge in [0.05, 0.1) is 11.2 Å². The zero-order valence-corrected chi connectivity index (χ0v) is 12.8. The van der Waals surface area contributed by atoms with E-state index in [0.717, 1.165) is 33.7 Å². The minimum absolute atomic E-state index is 0.705. The molecule has 0 spiro atoms. The summed E-state index contributed by atoms with van der Waals surface area (Å²) >= 11 is 0. The van der Waals surface area contributed by atoms with Gasteiger partial charge in [-0.2, -0.15) is 0 Å². The normalized spacial score (nSPS) is 10.7. The smallest absolute Gasteiger partial charge is 0.138 e. The Morgan fingerprint density at radius 2 is 1.71 bits per heavy atom. The molecule has 0 radical (unpaired) electrons. The van der Waals surface area contributed by atoms with Crippen molar-refractivity contribution in [1.82, 2.24) is 15.0 Å². The third kappa shape index (κ3) is 2.75. The number of benzene rings is 2. The Balaban J connectivity index is 1.74. The number of aromatic nitrogens is 3. The van der Waals surface area contributed by atoms with E-state index in [1.165, 1.54) is 6.33 Å². The van der Waals surface area contributed by atoms with Crippen LogP contribution in [0.15, 0.2) is 73.3 Å². The van der Waals surface area contributed by atoms with Crippen molar-refractivity contribution in [2.45, 2.75) is 0 Å². The molecule has 0 saturated carbocycles. The average Bonchev–Trinajstić information content (AvgIpc) is 2.64. The number of pyridine rings is 1. The van der Waals surface area contributed by atoms with E-state index in [4.69, 9.17) is 10.5 Å². The summed E-state index contributed by atoms with van der Waals surface area (Å²) in [6.45, 7) is 0. The molecule has 24 heavy (non-hydrogen) atoms. The van der Waals surface area contributed by atoms with Gasteiger partial charge in [0.15, 0.2) is 0 Å². The number of rotatable bonds is 3. The van der Waals surface area contributed by atoms with E-state index in [9.17, 15) is 0 Å². The number of hydrogen-bond donors (Lipinski definition) is 1. The minimum atomic E-state index is 0.705. The number of hydrogen-bond acceptors (Lipinski definition) is 5. The first kappa shape index (κ1) is 14.1. The van der Waals surface area contributed by atoms with Crippen LogP contribution in [-0.2, 0) is 0 Å². The van der Waals surface area contributed by atoms with Crippen LogP contribution in [0, 0.1) is 0 Å². The number of ether oxygens (including phenoxy) is 1. The zero-order valence-electron chi connectivity index (χ0n) is 12.8. The predicted octanol–water partition coefficient (Wildman–Crippen LogP) is 4.07. The van der Waals surface area contributed by atoms with Crippen molar-refractivity contribution >= 4 is 16.6 Å². The van der Waals surface area contributed by atoms with Gasteiger partial charge in [-0.1, -0.05) is 6.07 Å². The fraction of sp³-hybridized carbons (Fsp3) is 0. The van der Waals surface area contributed by atoms with Gasteiger partial charge in [-0.15, -0.1) is 0 Å². The lowest BCUT2D eigenvalue weighted by Gasteiger charge is -2.09. The van der Waals surface area contributed by atoms with Gasteiger partial charge in [-0.25, -0.2) is 9.97 Å². The molecule has 0 unspecified atom stereocenters. The Bertz CT molecular complexity index is 985. The minimum Gasteiger partial charge on any atom is -0.457 e. The molecule has 0 atom stereocenters. The Labute approximate surface area is 138 Å². The molecule has 5 heteroatoms. The van der Waals surface area contributed by atoms with Gasteiger partial charge in [-0.3, -0.25) is 4.98 Å². The Kier molecular flexibility index (Phi) is 3.51. The van der Waals surface area contributed by atoms with Crippen LogP contribution < -0.4 is 10.5 Å². The van der Waals surface area contributed by atoms with Gasteiger partial charge in [0, 0.05) is 29.0 Å². The molecule has 0 aliphatic heterocycles. The van der Waals surface area contributed by atoms with Crippen LogP contribution in [0.3, 0.4) is 0 Å². The summed E-state index contributed by atoms with van der Waals surface area (Å²) in [7, 11) is 0. The summed E-state index contributed by atoms with van der Waals surface area (Å²) in [5.74, 6) is 1.48. The van der Waals surface area contributed by atoms with Crippen molar-refractivity contribution < 1.29 is 4.74 Å². The van der Waals surface area contributed by atoms with Crippen LogP contribution >= 0.6 is 0 Å². The van der Waals surface area contributed by atoms with Gasteiger partial charge in [0.1, 0.15) is 17.8 Å². The standard InChI is InChI=1S/C19H14N4O/c20-14-2-4-15(5-3-14)24-19-8-10-22-18-11-13(1-6-16(18)19)17-7-9-21-12-23-17/h1-12H,20H2. The molecule has 0 amide bonds. The zero-order chi connectivity index (χ0) is 16.4. The van der Waals surface area contributed by atoms with E-state index in [2.05, 4.69) is 15.0 Å². The summed E-state index contributed by atoms with van der Waals surface area (Å²) in [5, 5.41) is 0.937. The monoisotopic (exact) mass is 314 g/mol. The van der Waals surface area contributed by atoms with Crippen molar-refractivity contribution in [1.29, 1.82) is 0 Å². The number of nitrogens with zero attached hydrogens (tertiary/aromatic N) is 3. The summed E-state index contributed by atoms with van der Waals surface area (Å²) in [4.78, 5) is 12.7. The average molecular weight is 314 g/mol. The van der Waals surface area contributed by atoms with Crippen LogP contribution in [0.1, 0.15) is 0 Å². The number of fused-ring (bicyclic) bond motifs is 1. The third-order valence-corrected chi connectivity index (χ3v) is 3.69. The predicted molar refractivity (Wildman–Crippen MR) is 93.7 cm³/mol. The van der Waals surface area contributed by atoms with Crippen LogP contribution in [0.5, 0.6) is 11.5 Å². The molecule has 5 nitrogen and oxygen atoms in total. The molecule has 0 aliphatic rings. The first-order chi connectivity index (χ1) is 11.8. The fourth-order valence-electron chi connectivity index (χ4n) is 2.49. The molecular weight excluding hydrogens is 300 g/mol. The topological polar surface area (TPSA) is 73.9 Å². The maximum Gasteiger partial charge on any atom is 0.138 e. The molecule has 2 N–H and O–H groups in total. The summed E-state index contributed by atoms with van der Waals surface area (Å²) in [5.41, 5.74) is 9.11. The highest BCUT2D eigenvalue weighted by atomic mass is 16.5. The Hall–Kier alpha value is -3.47. The van der Waals surface area contributed by atoms with Crippen LogP contribution in [0.4, 0.5) is 5.69 Å². The van der Waals surface area contributed by atoms with E-state index < -0.39 is 0 Å². The van der Waals surface area contributed by atoms with Gasteiger partial charge >= 0.3 is 0 Å². The largest absolute Gasteiger partial charge is 0.457 e. The van der Waals surface area contributed by atoms with Gasteiger partial charge in [0.2, 0.25) is 0 Å². The molecule has 2 aromatic carbocycles. The first-order valence-electron chi connectivity index (χ1n) is 7.48. The molecule has 2 heterocycles. The number of nitrogen functional groups attached to an aromatic ring is 1. The molecule has 4 rings (SSSR count). The number of anilines is 1. The second-order valence-electron chi connectivity index (χ2n) is 5.31. The highest BCUT2D eigenvalue weighted by molar-refractivity contribution is 5.88. The molecule has 2 aromatic heterocycles. The fourth-order valence-corrected chi connectivity index (χ4v) is 2.49. The molecular formula is C19H14N4O. The second kappa shape index (κ2) is 5.96. The summed E-state index contributed by atoms with van der Waals surface area (Å²) < 4.78 is 5.97. The van der Waals surface area contributed by atoms with Crippen LogP contribution in [0.25, 0.3) is 22.2 Å². The maximum absolute atomic E-state index is 5.97. The van der Waals surface area contributed by atoms with Crippen LogP contribution in [0.2, 0.25) is 0 Å². The van der Waals surface area contributed by atoms with Crippen molar-refractivity contribution in [3.63, 3.8) is 0 Å². The van der Waals surface area contributed by atoms with Crippen molar-refractivity contribution in [3.05, 3.63) is 73.3 Å². The number of nitrogens with two attached hydrogens (primary N) is 1. The molecule has 116 valence electrons. The van der Waals surface area contributed by atoms with Crippen molar-refractivity contribution in [2.24, 2.45) is 0 Å².